The van der Waals surface area contributed by atoms with Gasteiger partial charge in [0.2, 0.25) is 0 Å². The van der Waals surface area contributed by atoms with Gasteiger partial charge in [0.25, 0.3) is 0 Å². The molecule has 0 rings (SSSR count). The molecule has 0 aromatic carbocycles. The molecule has 0 aliphatic heterocycles. The molecule has 3 N–H and O–H groups in total. The maximum Gasteiger partial charge on any atom is 0.469 e. The fourth-order valence-corrected chi connectivity index (χ4v) is 3.87. The number of phosphoric acid groups is 1. The zero-order valence-corrected chi connectivity index (χ0v) is 21.7. The molecule has 0 spiro atoms. The van der Waals surface area contributed by atoms with E-state index in [1.807, 2.05) is 0 Å². The van der Waals surface area contributed by atoms with Crippen LogP contribution in [0.15, 0.2) is 0 Å². The molecule has 0 unspecified atom stereocenters. The average Bonchev–Trinajstić information content (AvgIpc) is 2.63. The zero-order chi connectivity index (χ0) is 23.1. The monoisotopic (exact) mass is 451 g/mol. The predicted octanol–water partition coefficient (Wildman–Crippen LogP) is 7.75. The summed E-state index contributed by atoms with van der Waals surface area (Å²) < 4.78 is 14.9. The first-order valence-electron chi connectivity index (χ1n) is 12.6. The summed E-state index contributed by atoms with van der Waals surface area (Å²) in [5.74, 6) is 0. The first-order chi connectivity index (χ1) is 14.2. The highest BCUT2D eigenvalue weighted by molar-refractivity contribution is 7.46. The molecule has 0 radical (unpaired) electrons. The molecule has 30 heavy (non-hydrogen) atoms. The molecule has 0 aliphatic carbocycles. The Bertz CT molecular complexity index is 366. The minimum atomic E-state index is -4.26. The van der Waals surface area contributed by atoms with Crippen LogP contribution in [0.4, 0.5) is 0 Å². The van der Waals surface area contributed by atoms with Crippen molar-refractivity contribution in [3.63, 3.8) is 0 Å². The fraction of sp³-hybridized carbons (Fsp3) is 1.00. The van der Waals surface area contributed by atoms with E-state index in [2.05, 4.69) is 44.5 Å². The number of rotatable bonds is 20. The van der Waals surface area contributed by atoms with Gasteiger partial charge >= 0.3 is 7.82 Å². The van der Waals surface area contributed by atoms with E-state index >= 15 is 0 Å². The fourth-order valence-electron chi connectivity index (χ4n) is 3.50. The Morgan fingerprint density at radius 3 is 1.17 bits per heavy atom. The second kappa shape index (κ2) is 23.7. The summed E-state index contributed by atoms with van der Waals surface area (Å²) in [6.07, 6.45) is 20.7. The zero-order valence-electron chi connectivity index (χ0n) is 20.8. The third-order valence-electron chi connectivity index (χ3n) is 4.92. The molecule has 0 saturated carbocycles. The van der Waals surface area contributed by atoms with Gasteiger partial charge in [0.15, 0.2) is 0 Å². The van der Waals surface area contributed by atoms with Gasteiger partial charge in [-0.15, -0.1) is 0 Å². The third-order valence-corrected chi connectivity index (χ3v) is 5.44. The Hall–Kier alpha value is 0.0700. The first-order valence-corrected chi connectivity index (χ1v) is 14.2. The minimum Gasteiger partial charge on any atom is -0.312 e. The second-order valence-electron chi connectivity index (χ2n) is 9.10. The van der Waals surface area contributed by atoms with Crippen LogP contribution in [0.2, 0.25) is 0 Å². The second-order valence-corrected chi connectivity index (χ2v) is 10.3. The summed E-state index contributed by atoms with van der Waals surface area (Å²) >= 11 is 0. The molecule has 0 aromatic rings. The predicted molar refractivity (Wildman–Crippen MR) is 131 cm³/mol. The van der Waals surface area contributed by atoms with Gasteiger partial charge in [-0.3, -0.25) is 4.52 Å². The molecule has 6 heteroatoms. The van der Waals surface area contributed by atoms with Gasteiger partial charge in [-0.25, -0.2) is 4.57 Å². The quantitative estimate of drug-likeness (QED) is 0.130. The molecule has 0 heterocycles. The van der Waals surface area contributed by atoms with Gasteiger partial charge < -0.3 is 15.1 Å². The molecule has 0 fully saturated rings. The SMILES string of the molecule is CC(C)NC(C)C.CCCCCCCCCCCCCCCCCCOP(=O)(O)O. The molecule has 0 bridgehead atoms. The lowest BCUT2D eigenvalue weighted by molar-refractivity contribution is 0.193. The van der Waals surface area contributed by atoms with E-state index in [0.29, 0.717) is 12.1 Å². The molecule has 0 amide bonds. The van der Waals surface area contributed by atoms with Crippen molar-refractivity contribution >= 4 is 7.82 Å². The smallest absolute Gasteiger partial charge is 0.312 e. The van der Waals surface area contributed by atoms with Crippen LogP contribution in [-0.2, 0) is 9.09 Å². The van der Waals surface area contributed by atoms with Crippen LogP contribution in [0.5, 0.6) is 0 Å². The van der Waals surface area contributed by atoms with Crippen molar-refractivity contribution in [1.82, 2.24) is 5.32 Å². The van der Waals surface area contributed by atoms with Crippen LogP contribution in [0.1, 0.15) is 137 Å². The molecule has 0 aromatic heterocycles. The van der Waals surface area contributed by atoms with Crippen LogP contribution >= 0.6 is 7.82 Å². The number of unbranched alkanes of at least 4 members (excludes halogenated alkanes) is 15. The number of hydrogen-bond donors (Lipinski definition) is 3. The van der Waals surface area contributed by atoms with E-state index in [1.165, 1.54) is 83.5 Å². The van der Waals surface area contributed by atoms with Crippen molar-refractivity contribution in [3.05, 3.63) is 0 Å². The Morgan fingerprint density at radius 1 is 0.633 bits per heavy atom. The Balaban J connectivity index is 0. The van der Waals surface area contributed by atoms with Crippen LogP contribution in [-0.4, -0.2) is 28.5 Å². The Labute approximate surface area is 188 Å². The van der Waals surface area contributed by atoms with Crippen LogP contribution < -0.4 is 5.32 Å². The Morgan fingerprint density at radius 2 is 0.933 bits per heavy atom. The van der Waals surface area contributed by atoms with Crippen molar-refractivity contribution in [3.8, 4) is 0 Å². The molecule has 184 valence electrons. The normalized spacial score (nSPS) is 11.8. The van der Waals surface area contributed by atoms with Gasteiger partial charge in [-0.05, 0) is 6.42 Å². The van der Waals surface area contributed by atoms with Gasteiger partial charge in [0, 0.05) is 12.1 Å². The van der Waals surface area contributed by atoms with Gasteiger partial charge in [-0.2, -0.15) is 0 Å². The first kappa shape index (κ1) is 32.3. The van der Waals surface area contributed by atoms with E-state index < -0.39 is 7.82 Å². The Kier molecular flexibility index (Phi) is 25.5. The van der Waals surface area contributed by atoms with Gasteiger partial charge in [0.1, 0.15) is 0 Å². The molecular formula is C24H54NO4P. The highest BCUT2D eigenvalue weighted by Gasteiger charge is 2.12. The minimum absolute atomic E-state index is 0.169. The molecule has 0 saturated heterocycles. The average molecular weight is 452 g/mol. The summed E-state index contributed by atoms with van der Waals surface area (Å²) in [7, 11) is -4.26. The summed E-state index contributed by atoms with van der Waals surface area (Å²) in [5, 5.41) is 3.31. The lowest BCUT2D eigenvalue weighted by Gasteiger charge is -2.10. The van der Waals surface area contributed by atoms with E-state index in [0.717, 1.165) is 19.3 Å². The molecule has 0 aliphatic rings. The highest BCUT2D eigenvalue weighted by atomic mass is 31.2. The third kappa shape index (κ3) is 35.5. The van der Waals surface area contributed by atoms with Crippen LogP contribution in [0, 0.1) is 0 Å². The number of phosphoric ester groups is 1. The molecule has 0 atom stereocenters. The maximum absolute atomic E-state index is 10.5. The van der Waals surface area contributed by atoms with Gasteiger partial charge in [-0.1, -0.05) is 131 Å². The van der Waals surface area contributed by atoms with Crippen molar-refractivity contribution in [2.75, 3.05) is 6.61 Å². The lowest BCUT2D eigenvalue weighted by atomic mass is 10.0. The highest BCUT2D eigenvalue weighted by Crippen LogP contribution is 2.35. The van der Waals surface area contributed by atoms with E-state index in [4.69, 9.17) is 9.79 Å². The van der Waals surface area contributed by atoms with Crippen LogP contribution in [0.3, 0.4) is 0 Å². The summed E-state index contributed by atoms with van der Waals surface area (Å²) in [6, 6.07) is 1.25. The maximum atomic E-state index is 10.5. The number of hydrogen-bond acceptors (Lipinski definition) is 3. The molecule has 5 nitrogen and oxygen atoms in total. The van der Waals surface area contributed by atoms with Crippen molar-refractivity contribution in [2.24, 2.45) is 0 Å². The van der Waals surface area contributed by atoms with Gasteiger partial charge in [0.05, 0.1) is 6.61 Å². The van der Waals surface area contributed by atoms with Crippen molar-refractivity contribution in [1.29, 1.82) is 0 Å². The topological polar surface area (TPSA) is 78.8 Å². The summed E-state index contributed by atoms with van der Waals surface area (Å²) in [6.45, 7) is 11.0. The lowest BCUT2D eigenvalue weighted by Crippen LogP contribution is -2.29. The van der Waals surface area contributed by atoms with E-state index in [-0.39, 0.29) is 6.61 Å². The van der Waals surface area contributed by atoms with Crippen molar-refractivity contribution in [2.45, 2.75) is 149 Å². The molecular weight excluding hydrogens is 397 g/mol. The number of nitrogens with one attached hydrogen (secondary N) is 1. The largest absolute Gasteiger partial charge is 0.469 e. The summed E-state index contributed by atoms with van der Waals surface area (Å²) in [5.41, 5.74) is 0. The standard InChI is InChI=1S/C18H39O4P.C6H15N/c1-2-3-4-5-6-7-8-9-10-11-12-13-14-15-16-17-18-22-23(19,20)21;1-5(2)7-6(3)4/h2-18H2,1H3,(H2,19,20,21);5-7H,1-4H3. The van der Waals surface area contributed by atoms with E-state index in [9.17, 15) is 4.57 Å². The van der Waals surface area contributed by atoms with Crippen molar-refractivity contribution < 1.29 is 18.9 Å². The van der Waals surface area contributed by atoms with Crippen LogP contribution in [0.25, 0.3) is 0 Å². The summed E-state index contributed by atoms with van der Waals surface area (Å²) in [4.78, 5) is 17.1. The van der Waals surface area contributed by atoms with E-state index in [1.54, 1.807) is 0 Å².